The fourth-order valence-corrected chi connectivity index (χ4v) is 6.23. The van der Waals surface area contributed by atoms with Crippen LogP contribution in [0.1, 0.15) is 43.2 Å². The lowest BCUT2D eigenvalue weighted by Crippen LogP contribution is -2.50. The maximum absolute atomic E-state index is 13.3. The van der Waals surface area contributed by atoms with Crippen LogP contribution in [0.4, 0.5) is 4.39 Å². The van der Waals surface area contributed by atoms with E-state index in [0.29, 0.717) is 18.4 Å². The zero-order valence-electron chi connectivity index (χ0n) is 11.4. The monoisotopic (exact) mass is 309 g/mol. The minimum Gasteiger partial charge on any atom is -0.385 e. The van der Waals surface area contributed by atoms with Crippen molar-refractivity contribution < 1.29 is 17.9 Å². The quantitative estimate of drug-likeness (QED) is 0.861. The van der Waals surface area contributed by atoms with Gasteiger partial charge >= 0.3 is 0 Å². The molecule has 2 fully saturated rings. The van der Waals surface area contributed by atoms with Crippen LogP contribution in [0, 0.1) is 17.1 Å². The lowest BCUT2D eigenvalue weighted by atomic mass is 9.79. The largest absolute Gasteiger partial charge is 0.385 e. The molecule has 6 heteroatoms. The summed E-state index contributed by atoms with van der Waals surface area (Å²) in [4.78, 5) is 0. The standard InChI is InChI=1S/C15H16FNO3S/c16-11-4-5-14(10(6-11)9-17)15(18)7-12-2-1-3-13(8-15)21(12,19)20/h4-6,12-13,18H,1-3,7-8H2. The molecule has 0 aliphatic carbocycles. The van der Waals surface area contributed by atoms with Gasteiger partial charge in [0, 0.05) is 5.56 Å². The van der Waals surface area contributed by atoms with Gasteiger partial charge in [0.15, 0.2) is 9.84 Å². The van der Waals surface area contributed by atoms with Gasteiger partial charge in [0.05, 0.1) is 27.7 Å². The Morgan fingerprint density at radius 1 is 1.29 bits per heavy atom. The third kappa shape index (κ3) is 2.25. The van der Waals surface area contributed by atoms with Crippen LogP contribution in [0.3, 0.4) is 0 Å². The molecule has 21 heavy (non-hydrogen) atoms. The fraction of sp³-hybridized carbons (Fsp3) is 0.533. The van der Waals surface area contributed by atoms with Crippen LogP contribution in [0.25, 0.3) is 0 Å². The highest BCUT2D eigenvalue weighted by Crippen LogP contribution is 2.46. The van der Waals surface area contributed by atoms with E-state index in [1.54, 1.807) is 0 Å². The normalized spacial score (nSPS) is 34.1. The first-order chi connectivity index (χ1) is 9.87. The smallest absolute Gasteiger partial charge is 0.156 e. The van der Waals surface area contributed by atoms with Crippen molar-refractivity contribution in [2.75, 3.05) is 0 Å². The molecule has 4 nitrogen and oxygen atoms in total. The third-order valence-corrected chi connectivity index (χ3v) is 7.38. The van der Waals surface area contributed by atoms with Gasteiger partial charge in [0.2, 0.25) is 0 Å². The number of sulfone groups is 1. The summed E-state index contributed by atoms with van der Waals surface area (Å²) in [5.74, 6) is -0.539. The molecular formula is C15H16FNO3S. The average Bonchev–Trinajstić information content (AvgIpc) is 2.40. The number of fused-ring (bicyclic) bond motifs is 2. The summed E-state index contributed by atoms with van der Waals surface area (Å²) < 4.78 is 37.8. The van der Waals surface area contributed by atoms with Crippen LogP contribution in [0.2, 0.25) is 0 Å². The van der Waals surface area contributed by atoms with Gasteiger partial charge < -0.3 is 5.11 Å². The lowest BCUT2D eigenvalue weighted by Gasteiger charge is -2.44. The van der Waals surface area contributed by atoms with Gasteiger partial charge in [0.25, 0.3) is 0 Å². The van der Waals surface area contributed by atoms with E-state index in [1.807, 2.05) is 6.07 Å². The highest BCUT2D eigenvalue weighted by Gasteiger charge is 2.51. The molecule has 112 valence electrons. The topological polar surface area (TPSA) is 78.2 Å². The molecule has 2 aliphatic heterocycles. The summed E-state index contributed by atoms with van der Waals surface area (Å²) >= 11 is 0. The second-order valence-corrected chi connectivity index (χ2v) is 8.52. The lowest BCUT2D eigenvalue weighted by molar-refractivity contribution is 0.00472. The van der Waals surface area contributed by atoms with Crippen molar-refractivity contribution in [1.82, 2.24) is 0 Å². The number of rotatable bonds is 1. The molecule has 2 bridgehead atoms. The first kappa shape index (κ1) is 14.5. The molecular weight excluding hydrogens is 293 g/mol. The second-order valence-electron chi connectivity index (χ2n) is 6.01. The highest BCUT2D eigenvalue weighted by molar-refractivity contribution is 7.92. The van der Waals surface area contributed by atoms with Gasteiger partial charge in [0.1, 0.15) is 5.82 Å². The van der Waals surface area contributed by atoms with Crippen LogP contribution in [-0.4, -0.2) is 24.0 Å². The predicted octanol–water partition coefficient (Wildman–Crippen LogP) is 2.01. The van der Waals surface area contributed by atoms with E-state index in [0.717, 1.165) is 12.5 Å². The summed E-state index contributed by atoms with van der Waals surface area (Å²) in [6, 6.07) is 5.59. The Bertz CT molecular complexity index is 703. The van der Waals surface area contributed by atoms with E-state index >= 15 is 0 Å². The van der Waals surface area contributed by atoms with Crippen LogP contribution >= 0.6 is 0 Å². The molecule has 3 rings (SSSR count). The van der Waals surface area contributed by atoms with Gasteiger partial charge in [-0.25, -0.2) is 12.8 Å². The van der Waals surface area contributed by atoms with Crippen molar-refractivity contribution in [1.29, 1.82) is 5.26 Å². The molecule has 0 radical (unpaired) electrons. The molecule has 2 heterocycles. The van der Waals surface area contributed by atoms with Crippen molar-refractivity contribution >= 4 is 9.84 Å². The number of aliphatic hydroxyl groups is 1. The van der Waals surface area contributed by atoms with E-state index in [2.05, 4.69) is 0 Å². The molecule has 0 spiro atoms. The Morgan fingerprint density at radius 3 is 2.48 bits per heavy atom. The summed E-state index contributed by atoms with van der Waals surface area (Å²) in [6.07, 6.45) is 2.12. The molecule has 1 N–H and O–H groups in total. The molecule has 2 saturated heterocycles. The van der Waals surface area contributed by atoms with Crippen LogP contribution in [0.5, 0.6) is 0 Å². The molecule has 1 aromatic carbocycles. The van der Waals surface area contributed by atoms with Crippen molar-refractivity contribution in [3.63, 3.8) is 0 Å². The molecule has 0 saturated carbocycles. The van der Waals surface area contributed by atoms with Gasteiger partial charge in [-0.1, -0.05) is 12.5 Å². The summed E-state index contributed by atoms with van der Waals surface area (Å²) in [5, 5.41) is 19.0. The Kier molecular flexibility index (Phi) is 3.30. The molecule has 1 aromatic rings. The maximum Gasteiger partial charge on any atom is 0.156 e. The number of benzene rings is 1. The number of nitriles is 1. The molecule has 0 amide bonds. The minimum atomic E-state index is -3.19. The number of hydrogen-bond donors (Lipinski definition) is 1. The summed E-state index contributed by atoms with van der Waals surface area (Å²) in [6.45, 7) is 0. The van der Waals surface area contributed by atoms with E-state index < -0.39 is 31.8 Å². The van der Waals surface area contributed by atoms with Crippen molar-refractivity contribution in [3.05, 3.63) is 35.1 Å². The molecule has 2 aliphatic rings. The number of halogens is 1. The van der Waals surface area contributed by atoms with Gasteiger partial charge in [-0.05, 0) is 37.8 Å². The average molecular weight is 309 g/mol. The maximum atomic E-state index is 13.3. The van der Waals surface area contributed by atoms with Crippen LogP contribution in [-0.2, 0) is 15.4 Å². The third-order valence-electron chi connectivity index (χ3n) is 4.72. The Morgan fingerprint density at radius 2 is 1.90 bits per heavy atom. The van der Waals surface area contributed by atoms with Gasteiger partial charge in [-0.2, -0.15) is 5.26 Å². The Hall–Kier alpha value is -1.45. The zero-order valence-corrected chi connectivity index (χ0v) is 12.2. The van der Waals surface area contributed by atoms with Crippen LogP contribution in [0.15, 0.2) is 18.2 Å². The fourth-order valence-electron chi connectivity index (χ4n) is 3.68. The van der Waals surface area contributed by atoms with E-state index in [-0.39, 0.29) is 18.4 Å². The SMILES string of the molecule is N#Cc1cc(F)ccc1C1(O)CC2CCCC(C1)S2(=O)=O. The van der Waals surface area contributed by atoms with E-state index in [1.165, 1.54) is 12.1 Å². The predicted molar refractivity (Wildman–Crippen MR) is 74.6 cm³/mol. The summed E-state index contributed by atoms with van der Waals surface area (Å²) in [5.41, 5.74) is -0.937. The van der Waals surface area contributed by atoms with Gasteiger partial charge in [-0.3, -0.25) is 0 Å². The Labute approximate surface area is 123 Å². The van der Waals surface area contributed by atoms with Gasteiger partial charge in [-0.15, -0.1) is 0 Å². The second kappa shape index (κ2) is 4.79. The Balaban J connectivity index is 2.06. The molecule has 0 aromatic heterocycles. The number of nitrogens with zero attached hydrogens (tertiary/aromatic N) is 1. The number of hydrogen-bond acceptors (Lipinski definition) is 4. The van der Waals surface area contributed by atoms with Crippen molar-refractivity contribution in [2.45, 2.75) is 48.2 Å². The highest BCUT2D eigenvalue weighted by atomic mass is 32.2. The molecule has 2 unspecified atom stereocenters. The minimum absolute atomic E-state index is 0.0786. The van der Waals surface area contributed by atoms with E-state index in [9.17, 15) is 17.9 Å². The molecule has 2 atom stereocenters. The van der Waals surface area contributed by atoms with Crippen molar-refractivity contribution in [3.8, 4) is 6.07 Å². The summed E-state index contributed by atoms with van der Waals surface area (Å²) in [7, 11) is -3.19. The van der Waals surface area contributed by atoms with Crippen LogP contribution < -0.4 is 0 Å². The first-order valence-corrected chi connectivity index (χ1v) is 8.63. The van der Waals surface area contributed by atoms with E-state index in [4.69, 9.17) is 5.26 Å². The zero-order chi connectivity index (χ0) is 15.3. The first-order valence-electron chi connectivity index (χ1n) is 7.02. The van der Waals surface area contributed by atoms with Crippen molar-refractivity contribution in [2.24, 2.45) is 0 Å².